The number of halogens is 1. The molecule has 2 rings (SSSR count). The molecule has 5 heteroatoms. The fourth-order valence-electron chi connectivity index (χ4n) is 1.61. The van der Waals surface area contributed by atoms with Crippen LogP contribution in [-0.2, 0) is 0 Å². The van der Waals surface area contributed by atoms with E-state index < -0.39 is 5.82 Å². The SMILES string of the molecule is Nc1cnc(N2CC[C@@H](O)C2)c(F)c1. The molecule has 0 radical (unpaired) electrons. The van der Waals surface area contributed by atoms with Crippen molar-refractivity contribution in [3.05, 3.63) is 18.1 Å². The van der Waals surface area contributed by atoms with Gasteiger partial charge in [0.2, 0.25) is 0 Å². The molecule has 76 valence electrons. The average Bonchev–Trinajstić information content (AvgIpc) is 2.51. The quantitative estimate of drug-likeness (QED) is 0.683. The minimum atomic E-state index is -0.431. The normalized spacial score (nSPS) is 21.6. The number of aliphatic hydroxyl groups excluding tert-OH is 1. The van der Waals surface area contributed by atoms with E-state index >= 15 is 0 Å². The van der Waals surface area contributed by atoms with Crippen molar-refractivity contribution in [2.45, 2.75) is 12.5 Å². The number of rotatable bonds is 1. The molecule has 1 aliphatic rings. The topological polar surface area (TPSA) is 62.4 Å². The highest BCUT2D eigenvalue weighted by molar-refractivity contribution is 5.48. The number of anilines is 2. The fourth-order valence-corrected chi connectivity index (χ4v) is 1.61. The fraction of sp³-hybridized carbons (Fsp3) is 0.444. The lowest BCUT2D eigenvalue weighted by Crippen LogP contribution is -2.23. The van der Waals surface area contributed by atoms with Gasteiger partial charge in [-0.3, -0.25) is 0 Å². The van der Waals surface area contributed by atoms with Gasteiger partial charge in [-0.05, 0) is 6.42 Å². The number of hydrogen-bond acceptors (Lipinski definition) is 4. The molecular formula is C9H12FN3O. The lowest BCUT2D eigenvalue weighted by atomic mass is 10.3. The molecule has 1 saturated heterocycles. The Morgan fingerprint density at radius 3 is 3.00 bits per heavy atom. The summed E-state index contributed by atoms with van der Waals surface area (Å²) in [6, 6.07) is 1.24. The molecule has 0 saturated carbocycles. The summed E-state index contributed by atoms with van der Waals surface area (Å²) < 4.78 is 13.4. The second-order valence-electron chi connectivity index (χ2n) is 3.46. The highest BCUT2D eigenvalue weighted by Gasteiger charge is 2.23. The Morgan fingerprint density at radius 2 is 2.43 bits per heavy atom. The minimum absolute atomic E-state index is 0.274. The summed E-state index contributed by atoms with van der Waals surface area (Å²) in [4.78, 5) is 5.63. The summed E-state index contributed by atoms with van der Waals surface area (Å²) in [6.45, 7) is 1.07. The van der Waals surface area contributed by atoms with Crippen molar-refractivity contribution in [3.8, 4) is 0 Å². The predicted octanol–water partition coefficient (Wildman–Crippen LogP) is 0.374. The van der Waals surface area contributed by atoms with Crippen LogP contribution in [0.4, 0.5) is 15.9 Å². The molecule has 1 aromatic heterocycles. The molecule has 0 unspecified atom stereocenters. The average molecular weight is 197 g/mol. The Morgan fingerprint density at radius 1 is 1.64 bits per heavy atom. The van der Waals surface area contributed by atoms with E-state index in [-0.39, 0.29) is 11.9 Å². The standard InChI is InChI=1S/C9H12FN3O/c10-8-3-6(11)4-12-9(8)13-2-1-7(14)5-13/h3-4,7,14H,1-2,5,11H2/t7-/m1/s1. The number of β-amino-alcohol motifs (C(OH)–C–C–N with tert-alkyl or cyclic N) is 1. The van der Waals surface area contributed by atoms with Gasteiger partial charge >= 0.3 is 0 Å². The van der Waals surface area contributed by atoms with Gasteiger partial charge in [0.05, 0.1) is 18.0 Å². The van der Waals surface area contributed by atoms with Crippen LogP contribution in [0.2, 0.25) is 0 Å². The first-order valence-electron chi connectivity index (χ1n) is 4.51. The molecule has 2 heterocycles. The van der Waals surface area contributed by atoms with Crippen molar-refractivity contribution in [2.24, 2.45) is 0 Å². The zero-order valence-electron chi connectivity index (χ0n) is 7.65. The van der Waals surface area contributed by atoms with E-state index in [0.717, 1.165) is 0 Å². The van der Waals surface area contributed by atoms with Crippen LogP contribution < -0.4 is 10.6 Å². The number of nitrogens with zero attached hydrogens (tertiary/aromatic N) is 2. The zero-order valence-corrected chi connectivity index (χ0v) is 7.65. The molecule has 0 spiro atoms. The molecule has 0 amide bonds. The Bertz CT molecular complexity index is 345. The summed E-state index contributed by atoms with van der Waals surface area (Å²) in [5, 5.41) is 9.29. The number of hydrogen-bond donors (Lipinski definition) is 2. The largest absolute Gasteiger partial charge is 0.397 e. The van der Waals surface area contributed by atoms with Crippen LogP contribution >= 0.6 is 0 Å². The van der Waals surface area contributed by atoms with Crippen LogP contribution in [0.5, 0.6) is 0 Å². The number of pyridine rings is 1. The van der Waals surface area contributed by atoms with Crippen molar-refractivity contribution in [1.82, 2.24) is 4.98 Å². The Labute approximate surface area is 81.2 Å². The van der Waals surface area contributed by atoms with E-state index in [9.17, 15) is 9.50 Å². The summed E-state index contributed by atoms with van der Waals surface area (Å²) in [7, 11) is 0. The molecule has 0 aromatic carbocycles. The van der Waals surface area contributed by atoms with Gasteiger partial charge in [0.25, 0.3) is 0 Å². The predicted molar refractivity (Wildman–Crippen MR) is 51.4 cm³/mol. The molecule has 4 nitrogen and oxygen atoms in total. The summed E-state index contributed by atoms with van der Waals surface area (Å²) in [5.41, 5.74) is 5.69. The van der Waals surface area contributed by atoms with E-state index in [1.54, 1.807) is 4.90 Å². The maximum Gasteiger partial charge on any atom is 0.167 e. The van der Waals surface area contributed by atoms with Crippen LogP contribution in [0, 0.1) is 5.82 Å². The summed E-state index contributed by atoms with van der Waals surface area (Å²) in [6.07, 6.45) is 1.70. The highest BCUT2D eigenvalue weighted by atomic mass is 19.1. The van der Waals surface area contributed by atoms with Crippen molar-refractivity contribution in [3.63, 3.8) is 0 Å². The van der Waals surface area contributed by atoms with Crippen LogP contribution in [0.3, 0.4) is 0 Å². The van der Waals surface area contributed by atoms with E-state index in [1.165, 1.54) is 12.3 Å². The maximum absolute atomic E-state index is 13.4. The van der Waals surface area contributed by atoms with E-state index in [1.807, 2.05) is 0 Å². The first-order chi connectivity index (χ1) is 6.66. The smallest absolute Gasteiger partial charge is 0.167 e. The van der Waals surface area contributed by atoms with Crippen molar-refractivity contribution in [1.29, 1.82) is 0 Å². The Hall–Kier alpha value is -1.36. The van der Waals surface area contributed by atoms with Gasteiger partial charge in [-0.2, -0.15) is 0 Å². The third-order valence-electron chi connectivity index (χ3n) is 2.31. The van der Waals surface area contributed by atoms with E-state index in [2.05, 4.69) is 4.98 Å². The second kappa shape index (κ2) is 3.42. The molecule has 1 aromatic rings. The monoisotopic (exact) mass is 197 g/mol. The molecule has 0 aliphatic carbocycles. The van der Waals surface area contributed by atoms with Crippen LogP contribution in [0.25, 0.3) is 0 Å². The van der Waals surface area contributed by atoms with Crippen LogP contribution in [0.15, 0.2) is 12.3 Å². The van der Waals surface area contributed by atoms with Crippen molar-refractivity contribution < 1.29 is 9.50 Å². The van der Waals surface area contributed by atoms with Gasteiger partial charge in [0, 0.05) is 19.2 Å². The molecule has 1 fully saturated rings. The Kier molecular flexibility index (Phi) is 2.25. The minimum Gasteiger partial charge on any atom is -0.397 e. The van der Waals surface area contributed by atoms with Crippen molar-refractivity contribution in [2.75, 3.05) is 23.7 Å². The lowest BCUT2D eigenvalue weighted by molar-refractivity contribution is 0.198. The Balaban J connectivity index is 2.24. The zero-order chi connectivity index (χ0) is 10.1. The van der Waals surface area contributed by atoms with Crippen LogP contribution in [-0.4, -0.2) is 29.3 Å². The summed E-state index contributed by atoms with van der Waals surface area (Å²) in [5.74, 6) is -0.158. The number of aromatic nitrogens is 1. The van der Waals surface area contributed by atoms with Gasteiger partial charge in [0.15, 0.2) is 11.6 Å². The van der Waals surface area contributed by atoms with Gasteiger partial charge in [-0.25, -0.2) is 9.37 Å². The summed E-state index contributed by atoms with van der Waals surface area (Å²) >= 11 is 0. The third-order valence-corrected chi connectivity index (χ3v) is 2.31. The van der Waals surface area contributed by atoms with Crippen molar-refractivity contribution >= 4 is 11.5 Å². The number of nitrogen functional groups attached to an aromatic ring is 1. The molecule has 1 aliphatic heterocycles. The van der Waals surface area contributed by atoms with Gasteiger partial charge in [0.1, 0.15) is 0 Å². The lowest BCUT2D eigenvalue weighted by Gasteiger charge is -2.16. The van der Waals surface area contributed by atoms with Gasteiger partial charge < -0.3 is 15.7 Å². The highest BCUT2D eigenvalue weighted by Crippen LogP contribution is 2.22. The third kappa shape index (κ3) is 1.63. The van der Waals surface area contributed by atoms with Gasteiger partial charge in [-0.15, -0.1) is 0 Å². The van der Waals surface area contributed by atoms with Crippen LogP contribution in [0.1, 0.15) is 6.42 Å². The van der Waals surface area contributed by atoms with E-state index in [0.29, 0.717) is 25.2 Å². The first kappa shape index (κ1) is 9.21. The molecular weight excluding hydrogens is 185 g/mol. The molecule has 14 heavy (non-hydrogen) atoms. The number of nitrogens with two attached hydrogens (primary N) is 1. The number of aliphatic hydroxyl groups is 1. The maximum atomic E-state index is 13.4. The van der Waals surface area contributed by atoms with E-state index in [4.69, 9.17) is 5.73 Å². The van der Waals surface area contributed by atoms with Gasteiger partial charge in [-0.1, -0.05) is 0 Å². The second-order valence-corrected chi connectivity index (χ2v) is 3.46. The molecule has 0 bridgehead atoms. The molecule has 1 atom stereocenters. The molecule has 3 N–H and O–H groups in total. The first-order valence-corrected chi connectivity index (χ1v) is 4.51.